The van der Waals surface area contributed by atoms with Gasteiger partial charge in [-0.25, -0.2) is 0 Å². The first-order valence-electron chi connectivity index (χ1n) is 5.03. The second-order valence-corrected chi connectivity index (χ2v) is 3.81. The van der Waals surface area contributed by atoms with Crippen LogP contribution in [0.2, 0.25) is 0 Å². The van der Waals surface area contributed by atoms with Gasteiger partial charge in [0, 0.05) is 12.6 Å². The van der Waals surface area contributed by atoms with Gasteiger partial charge >= 0.3 is 6.18 Å². The van der Waals surface area contributed by atoms with Crippen LogP contribution >= 0.6 is 0 Å². The van der Waals surface area contributed by atoms with Gasteiger partial charge in [0.1, 0.15) is 0 Å². The molecule has 0 aliphatic carbocycles. The van der Waals surface area contributed by atoms with Crippen LogP contribution in [0, 0.1) is 17.2 Å². The Bertz CT molecular complexity index is 218. The maximum Gasteiger partial charge on any atom is 0.405 e. The minimum atomic E-state index is -4.42. The van der Waals surface area contributed by atoms with Crippen molar-refractivity contribution in [2.45, 2.75) is 39.4 Å². The van der Waals surface area contributed by atoms with Gasteiger partial charge in [0.25, 0.3) is 0 Å². The first-order valence-corrected chi connectivity index (χ1v) is 5.03. The number of nitrogens with zero attached hydrogens (tertiary/aromatic N) is 2. The molecular weight excluding hydrogens is 205 g/mol. The number of nitriles is 1. The van der Waals surface area contributed by atoms with Crippen molar-refractivity contribution in [1.82, 2.24) is 4.90 Å². The molecule has 1 unspecified atom stereocenters. The Kier molecular flexibility index (Phi) is 5.66. The van der Waals surface area contributed by atoms with E-state index >= 15 is 0 Å². The van der Waals surface area contributed by atoms with Crippen molar-refractivity contribution in [1.29, 1.82) is 5.26 Å². The summed E-state index contributed by atoms with van der Waals surface area (Å²) in [5, 5.41) is 8.46. The van der Waals surface area contributed by atoms with E-state index in [0.717, 1.165) is 6.42 Å². The average Bonchev–Trinajstić information content (AvgIpc) is 2.09. The third-order valence-corrected chi connectivity index (χ3v) is 2.21. The Morgan fingerprint density at radius 3 is 2.13 bits per heavy atom. The summed E-state index contributed by atoms with van der Waals surface area (Å²) in [4.78, 5) is 1.68. The maximum atomic E-state index is 12.3. The summed E-state index contributed by atoms with van der Waals surface area (Å²) in [5.74, 6) is -1.88. The van der Waals surface area contributed by atoms with Gasteiger partial charge in [-0.15, -0.1) is 0 Å². The third kappa shape index (κ3) is 5.03. The molecule has 0 radical (unpaired) electrons. The van der Waals surface area contributed by atoms with Crippen LogP contribution in [0.5, 0.6) is 0 Å². The highest BCUT2D eigenvalue weighted by Gasteiger charge is 2.40. The van der Waals surface area contributed by atoms with E-state index in [4.69, 9.17) is 5.26 Å². The van der Waals surface area contributed by atoms with Crippen molar-refractivity contribution in [2.24, 2.45) is 5.92 Å². The molecule has 0 aromatic rings. The lowest BCUT2D eigenvalue weighted by Gasteiger charge is -2.28. The van der Waals surface area contributed by atoms with E-state index in [1.54, 1.807) is 4.90 Å². The zero-order valence-electron chi connectivity index (χ0n) is 9.30. The van der Waals surface area contributed by atoms with Gasteiger partial charge in [-0.2, -0.15) is 18.4 Å². The minimum absolute atomic E-state index is 0.0307. The summed E-state index contributed by atoms with van der Waals surface area (Å²) in [5.41, 5.74) is 0. The van der Waals surface area contributed by atoms with E-state index in [9.17, 15) is 13.2 Å². The molecule has 0 aliphatic heterocycles. The van der Waals surface area contributed by atoms with Crippen LogP contribution in [-0.4, -0.2) is 30.2 Å². The molecule has 0 N–H and O–H groups in total. The van der Waals surface area contributed by atoms with E-state index in [-0.39, 0.29) is 12.6 Å². The predicted molar refractivity (Wildman–Crippen MR) is 52.2 cm³/mol. The largest absolute Gasteiger partial charge is 0.405 e. The normalized spacial score (nSPS) is 14.3. The molecular formula is C10H17F3N2. The summed E-state index contributed by atoms with van der Waals surface area (Å²) in [6, 6.07) is 1.35. The monoisotopic (exact) mass is 222 g/mol. The number of hydrogen-bond acceptors (Lipinski definition) is 2. The first kappa shape index (κ1) is 14.2. The molecule has 0 saturated carbocycles. The molecule has 0 aliphatic rings. The second-order valence-electron chi connectivity index (χ2n) is 3.81. The zero-order valence-corrected chi connectivity index (χ0v) is 9.30. The molecule has 0 heterocycles. The van der Waals surface area contributed by atoms with Crippen LogP contribution in [-0.2, 0) is 0 Å². The first-order chi connectivity index (χ1) is 6.82. The maximum absolute atomic E-state index is 12.3. The highest BCUT2D eigenvalue weighted by molar-refractivity contribution is 4.91. The molecule has 0 aromatic heterocycles. The van der Waals surface area contributed by atoms with Crippen molar-refractivity contribution >= 4 is 0 Å². The van der Waals surface area contributed by atoms with E-state index in [1.165, 1.54) is 6.07 Å². The van der Waals surface area contributed by atoms with E-state index in [0.29, 0.717) is 6.54 Å². The van der Waals surface area contributed by atoms with Gasteiger partial charge in [-0.1, -0.05) is 6.92 Å². The number of alkyl halides is 3. The Balaban J connectivity index is 4.44. The Morgan fingerprint density at radius 1 is 1.33 bits per heavy atom. The SMILES string of the molecule is CCCN(CC(C#N)C(F)(F)F)C(C)C. The zero-order chi connectivity index (χ0) is 12.1. The highest BCUT2D eigenvalue weighted by atomic mass is 19.4. The van der Waals surface area contributed by atoms with Gasteiger partial charge in [-0.3, -0.25) is 4.90 Å². The topological polar surface area (TPSA) is 27.0 Å². The molecule has 0 saturated heterocycles. The van der Waals surface area contributed by atoms with Crippen LogP contribution in [0.3, 0.4) is 0 Å². The van der Waals surface area contributed by atoms with Crippen LogP contribution in [0.25, 0.3) is 0 Å². The number of hydrogen-bond donors (Lipinski definition) is 0. The van der Waals surface area contributed by atoms with Gasteiger partial charge in [-0.05, 0) is 26.8 Å². The van der Waals surface area contributed by atoms with Crippen molar-refractivity contribution < 1.29 is 13.2 Å². The molecule has 88 valence electrons. The molecule has 15 heavy (non-hydrogen) atoms. The lowest BCUT2D eigenvalue weighted by molar-refractivity contribution is -0.164. The van der Waals surface area contributed by atoms with Crippen LogP contribution < -0.4 is 0 Å². The second kappa shape index (κ2) is 5.96. The van der Waals surface area contributed by atoms with E-state index in [1.807, 2.05) is 20.8 Å². The fraction of sp³-hybridized carbons (Fsp3) is 0.900. The van der Waals surface area contributed by atoms with Gasteiger partial charge in [0.15, 0.2) is 5.92 Å². The lowest BCUT2D eigenvalue weighted by Crippen LogP contribution is -2.40. The van der Waals surface area contributed by atoms with Gasteiger partial charge in [0.05, 0.1) is 6.07 Å². The van der Waals surface area contributed by atoms with Gasteiger partial charge < -0.3 is 0 Å². The molecule has 0 aromatic carbocycles. The smallest absolute Gasteiger partial charge is 0.299 e. The molecule has 0 fully saturated rings. The van der Waals surface area contributed by atoms with Crippen molar-refractivity contribution in [3.63, 3.8) is 0 Å². The fourth-order valence-corrected chi connectivity index (χ4v) is 1.30. The molecule has 1 atom stereocenters. The lowest BCUT2D eigenvalue weighted by atomic mass is 10.1. The molecule has 0 rings (SSSR count). The summed E-state index contributed by atoms with van der Waals surface area (Å²) >= 11 is 0. The van der Waals surface area contributed by atoms with Crippen LogP contribution in [0.15, 0.2) is 0 Å². The minimum Gasteiger partial charge on any atom is -0.299 e. The predicted octanol–water partition coefficient (Wildman–Crippen LogP) is 2.81. The third-order valence-electron chi connectivity index (χ3n) is 2.21. The van der Waals surface area contributed by atoms with E-state index in [2.05, 4.69) is 0 Å². The number of halogens is 3. The van der Waals surface area contributed by atoms with Crippen molar-refractivity contribution in [3.05, 3.63) is 0 Å². The van der Waals surface area contributed by atoms with Crippen LogP contribution in [0.1, 0.15) is 27.2 Å². The summed E-state index contributed by atoms with van der Waals surface area (Å²) in [6.45, 7) is 5.93. The molecule has 2 nitrogen and oxygen atoms in total. The standard InChI is InChI=1S/C10H17F3N2/c1-4-5-15(8(2)3)7-9(6-14)10(11,12)13/h8-9H,4-5,7H2,1-3H3. The Hall–Kier alpha value is -0.760. The molecule has 0 bridgehead atoms. The van der Waals surface area contributed by atoms with Crippen LogP contribution in [0.4, 0.5) is 13.2 Å². The Morgan fingerprint density at radius 2 is 1.87 bits per heavy atom. The molecule has 0 spiro atoms. The quantitative estimate of drug-likeness (QED) is 0.715. The fourth-order valence-electron chi connectivity index (χ4n) is 1.30. The Labute approximate surface area is 88.7 Å². The summed E-state index contributed by atoms with van der Waals surface area (Å²) in [7, 11) is 0. The average molecular weight is 222 g/mol. The molecule has 0 amide bonds. The molecule has 5 heteroatoms. The highest BCUT2D eigenvalue weighted by Crippen LogP contribution is 2.26. The summed E-state index contributed by atoms with van der Waals surface area (Å²) < 4.78 is 37.0. The number of rotatable bonds is 5. The summed E-state index contributed by atoms with van der Waals surface area (Å²) in [6.07, 6.45) is -3.64. The van der Waals surface area contributed by atoms with E-state index < -0.39 is 12.1 Å². The van der Waals surface area contributed by atoms with Gasteiger partial charge in [0.2, 0.25) is 0 Å². The van der Waals surface area contributed by atoms with Crippen molar-refractivity contribution in [2.75, 3.05) is 13.1 Å². The van der Waals surface area contributed by atoms with Crippen molar-refractivity contribution in [3.8, 4) is 6.07 Å².